The number of benzene rings is 2. The Bertz CT molecular complexity index is 2300. The molecule has 63 heavy (non-hydrogen) atoms. The monoisotopic (exact) mass is 872 g/mol. The summed E-state index contributed by atoms with van der Waals surface area (Å²) in [5.41, 5.74) is 15.0. The number of anilines is 2. The molecule has 1 saturated heterocycles. The fourth-order valence-electron chi connectivity index (χ4n) is 8.51. The molecule has 10 heteroatoms. The van der Waals surface area contributed by atoms with Gasteiger partial charge in [0.15, 0.2) is 0 Å². The largest absolute Gasteiger partial charge is 0.405 e. The fraction of sp³-hybridized carbons (Fsp3) is 0.377. The number of hydrogen-bond acceptors (Lipinski definition) is 8. The van der Waals surface area contributed by atoms with E-state index in [1.54, 1.807) is 0 Å². The number of nitrogens with one attached hydrogen (secondary N) is 2. The van der Waals surface area contributed by atoms with Crippen molar-refractivity contribution in [2.45, 2.75) is 82.5 Å². The van der Waals surface area contributed by atoms with Crippen molar-refractivity contribution in [1.29, 1.82) is 0 Å². The first-order valence-corrected chi connectivity index (χ1v) is 23.1. The fourth-order valence-corrected chi connectivity index (χ4v) is 9.63. The molecule has 1 saturated carbocycles. The minimum Gasteiger partial charge on any atom is -0.405 e. The van der Waals surface area contributed by atoms with E-state index in [1.165, 1.54) is 41.8 Å². The van der Waals surface area contributed by atoms with Crippen LogP contribution < -0.4 is 21.3 Å². The Labute approximate surface area is 379 Å². The third-order valence-corrected chi connectivity index (χ3v) is 13.4. The molecule has 7 nitrogen and oxygen atoms in total. The van der Waals surface area contributed by atoms with Gasteiger partial charge in [-0.1, -0.05) is 101 Å². The Morgan fingerprint density at radius 3 is 2.43 bits per heavy atom. The van der Waals surface area contributed by atoms with Gasteiger partial charge < -0.3 is 31.1 Å². The number of halogens is 2. The quantitative estimate of drug-likeness (QED) is 0.0603. The summed E-state index contributed by atoms with van der Waals surface area (Å²) in [6.07, 6.45) is 14.1. The molecular formula is C53H67F2N7S. The second-order valence-corrected chi connectivity index (χ2v) is 18.7. The number of rotatable bonds is 20. The highest BCUT2D eigenvalue weighted by Crippen LogP contribution is 2.54. The van der Waals surface area contributed by atoms with Crippen molar-refractivity contribution in [2.24, 2.45) is 5.73 Å². The van der Waals surface area contributed by atoms with E-state index in [1.807, 2.05) is 35.6 Å². The van der Waals surface area contributed by atoms with E-state index in [0.29, 0.717) is 0 Å². The van der Waals surface area contributed by atoms with Crippen molar-refractivity contribution < 1.29 is 8.78 Å². The average molecular weight is 872 g/mol. The van der Waals surface area contributed by atoms with Crippen molar-refractivity contribution in [3.63, 3.8) is 0 Å². The molecule has 4 aromatic rings. The number of alkyl halides is 2. The number of likely N-dealkylation sites (N-methyl/N-ethyl adjacent to an activating group) is 1. The van der Waals surface area contributed by atoms with E-state index in [4.69, 9.17) is 4.98 Å². The molecule has 7 rings (SSSR count). The molecule has 2 fully saturated rings. The Morgan fingerprint density at radius 1 is 0.937 bits per heavy atom. The summed E-state index contributed by atoms with van der Waals surface area (Å²) in [5, 5.41) is 8.35. The molecule has 0 amide bonds. The molecule has 3 heterocycles. The van der Waals surface area contributed by atoms with Crippen LogP contribution in [-0.2, 0) is 24.7 Å². The highest BCUT2D eigenvalue weighted by atomic mass is 32.1. The predicted molar refractivity (Wildman–Crippen MR) is 264 cm³/mol. The number of thiophene rings is 1. The zero-order chi connectivity index (χ0) is 45.1. The Hall–Kier alpha value is -5.45. The van der Waals surface area contributed by atoms with Gasteiger partial charge in [-0.3, -0.25) is 0 Å². The summed E-state index contributed by atoms with van der Waals surface area (Å²) in [4.78, 5) is 13.3. The molecule has 0 bridgehead atoms. The van der Waals surface area contributed by atoms with Gasteiger partial charge in [0, 0.05) is 77.7 Å². The van der Waals surface area contributed by atoms with Crippen molar-refractivity contribution in [2.75, 3.05) is 57.0 Å². The molecule has 2 aliphatic carbocycles. The summed E-state index contributed by atoms with van der Waals surface area (Å²) in [5.74, 6) is -1.92. The lowest BCUT2D eigenvalue weighted by atomic mass is 9.90. The van der Waals surface area contributed by atoms with Gasteiger partial charge in [-0.15, -0.1) is 11.3 Å². The summed E-state index contributed by atoms with van der Waals surface area (Å²) >= 11 is 1.91. The minimum absolute atomic E-state index is 0.167. The Balaban J connectivity index is 0.00000214. The first kappa shape index (κ1) is 47.0. The van der Waals surface area contributed by atoms with Crippen LogP contribution in [-0.4, -0.2) is 67.5 Å². The van der Waals surface area contributed by atoms with Gasteiger partial charge >= 0.3 is 0 Å². The molecule has 3 aliphatic rings. The van der Waals surface area contributed by atoms with Crippen LogP contribution in [0.2, 0.25) is 0 Å². The van der Waals surface area contributed by atoms with E-state index in [9.17, 15) is 8.78 Å². The van der Waals surface area contributed by atoms with Gasteiger partial charge in [-0.25, -0.2) is 13.8 Å². The molecule has 0 radical (unpaired) electrons. The first-order valence-electron chi connectivity index (χ1n) is 22.3. The molecule has 4 N–H and O–H groups in total. The number of fused-ring (bicyclic) bond motifs is 1. The Kier molecular flexibility index (Phi) is 15.9. The van der Waals surface area contributed by atoms with Gasteiger partial charge in [0.1, 0.15) is 5.82 Å². The smallest absolute Gasteiger partial charge is 0.256 e. The Morgan fingerprint density at radius 2 is 1.68 bits per heavy atom. The normalized spacial score (nSPS) is 16.1. The van der Waals surface area contributed by atoms with Crippen molar-refractivity contribution >= 4 is 27.9 Å². The van der Waals surface area contributed by atoms with Crippen molar-refractivity contribution in [1.82, 2.24) is 20.1 Å². The maximum Gasteiger partial charge on any atom is 0.256 e. The van der Waals surface area contributed by atoms with Crippen LogP contribution in [0.15, 0.2) is 135 Å². The van der Waals surface area contributed by atoms with Crippen molar-refractivity contribution in [3.05, 3.63) is 168 Å². The molecule has 0 spiro atoms. The number of piperazine rings is 1. The van der Waals surface area contributed by atoms with E-state index in [-0.39, 0.29) is 18.3 Å². The number of aromatic nitrogens is 1. The summed E-state index contributed by atoms with van der Waals surface area (Å²) in [6, 6.07) is 22.9. The van der Waals surface area contributed by atoms with Crippen LogP contribution in [0.25, 0.3) is 17.0 Å². The highest BCUT2D eigenvalue weighted by Gasteiger charge is 2.48. The lowest BCUT2D eigenvalue weighted by Gasteiger charge is -2.38. The number of allylic oxidation sites excluding steroid dienone is 2. The molecule has 0 unspecified atom stereocenters. The van der Waals surface area contributed by atoms with Gasteiger partial charge in [0.05, 0.1) is 17.2 Å². The van der Waals surface area contributed by atoms with E-state index >= 15 is 0 Å². The second kappa shape index (κ2) is 21.3. The maximum absolute atomic E-state index is 14.1. The van der Waals surface area contributed by atoms with Gasteiger partial charge in [0.2, 0.25) is 0 Å². The molecule has 2 aromatic carbocycles. The number of hydrogen-bond donors (Lipinski definition) is 3. The number of aryl methyl sites for hydroxylation is 2. The number of pyridine rings is 1. The van der Waals surface area contributed by atoms with Crippen LogP contribution in [0.5, 0.6) is 0 Å². The summed E-state index contributed by atoms with van der Waals surface area (Å²) in [7, 11) is 4.14. The number of nitrogens with two attached hydrogens (primary N) is 1. The lowest BCUT2D eigenvalue weighted by molar-refractivity contribution is 0.0130. The van der Waals surface area contributed by atoms with E-state index < -0.39 is 5.92 Å². The van der Waals surface area contributed by atoms with Crippen molar-refractivity contribution in [3.8, 4) is 11.3 Å². The van der Waals surface area contributed by atoms with Gasteiger partial charge in [-0.05, 0) is 117 Å². The zero-order valence-electron chi connectivity index (χ0n) is 37.8. The van der Waals surface area contributed by atoms with E-state index in [0.717, 1.165) is 126 Å². The topological polar surface area (TPSA) is 72.7 Å². The van der Waals surface area contributed by atoms with E-state index in [2.05, 4.69) is 140 Å². The third kappa shape index (κ3) is 12.4. The molecule has 1 aliphatic heterocycles. The van der Waals surface area contributed by atoms with Crippen LogP contribution in [0.3, 0.4) is 0 Å². The highest BCUT2D eigenvalue weighted by molar-refractivity contribution is 7.16. The molecular weight excluding hydrogens is 805 g/mol. The first-order chi connectivity index (χ1) is 30.2. The average Bonchev–Trinajstić information content (AvgIpc) is 3.83. The molecule has 0 atom stereocenters. The number of nitrogens with zero attached hydrogens (tertiary/aromatic N) is 4. The minimum atomic E-state index is -2.65. The van der Waals surface area contributed by atoms with Crippen LogP contribution >= 0.6 is 11.3 Å². The van der Waals surface area contributed by atoms with Gasteiger partial charge in [-0.2, -0.15) is 0 Å². The SMILES string of the molecule is C=C(NCCCCCCCc1ccc(N2CCN(C(=C)/C=C/CN(C)C)CC2=C)s1)c1cccc(-c2nc(NC(=C)C3(c4ccc5c(c4)CC(F)(F)C5)CC3)ccc2C)c1.C=CN. The van der Waals surface area contributed by atoms with Crippen LogP contribution in [0, 0.1) is 6.92 Å². The third-order valence-electron chi connectivity index (χ3n) is 12.2. The zero-order valence-corrected chi connectivity index (χ0v) is 38.6. The van der Waals surface area contributed by atoms with Gasteiger partial charge in [0.25, 0.3) is 5.92 Å². The molecule has 334 valence electrons. The number of unbranched alkanes of at least 4 members (excludes halogenated alkanes) is 4. The standard InChI is InChI=1S/C51H62F2N6S.C2H5N/c1-36-19-23-47(55-40(5)50(25-26-50)45-21-20-43-33-51(52,53)34-44(43)32-45)56-49(36)42-17-13-16-41(31-42)39(4)54-27-12-10-8-9-11-18-46-22-24-48(60-46)59-30-29-58(35-38(59)3)37(2)15-14-28-57(6)7;1-2-3/h13-17,19-24,31-32,54H,2-5,8-12,18,25-30,33-35H2,1,6-7H3,(H,55,56);2H,1,3H2/b15-14+;. The van der Waals surface area contributed by atoms with Crippen LogP contribution in [0.1, 0.15) is 77.6 Å². The summed E-state index contributed by atoms with van der Waals surface area (Å²) < 4.78 is 28.2. The predicted octanol–water partition coefficient (Wildman–Crippen LogP) is 11.6. The summed E-state index contributed by atoms with van der Waals surface area (Å²) in [6.45, 7) is 27.2. The van der Waals surface area contributed by atoms with Crippen LogP contribution in [0.4, 0.5) is 19.6 Å². The maximum atomic E-state index is 14.1. The second-order valence-electron chi connectivity index (χ2n) is 17.5. The molecule has 2 aromatic heterocycles. The lowest BCUT2D eigenvalue weighted by Crippen LogP contribution is -2.43.